The fourth-order valence-corrected chi connectivity index (χ4v) is 4.09. The van der Waals surface area contributed by atoms with Gasteiger partial charge in [-0.1, -0.05) is 18.2 Å². The molecule has 0 N–H and O–H groups in total. The minimum atomic E-state index is 0.244. The first-order valence-corrected chi connectivity index (χ1v) is 9.60. The summed E-state index contributed by atoms with van der Waals surface area (Å²) in [6.07, 6.45) is 2.36. The second-order valence-electron chi connectivity index (χ2n) is 6.41. The van der Waals surface area contributed by atoms with Crippen molar-refractivity contribution in [3.63, 3.8) is 0 Å². The molecule has 6 heteroatoms. The van der Waals surface area contributed by atoms with E-state index in [1.165, 1.54) is 4.88 Å². The smallest absolute Gasteiger partial charge is 0.224 e. The Morgan fingerprint density at radius 2 is 1.92 bits per heavy atom. The number of carbonyl (C=O) groups is 1. The first-order chi connectivity index (χ1) is 12.3. The molecule has 1 aliphatic rings. The molecule has 25 heavy (non-hydrogen) atoms. The molecule has 2 aromatic heterocycles. The van der Waals surface area contributed by atoms with Gasteiger partial charge in [-0.2, -0.15) is 0 Å². The zero-order valence-electron chi connectivity index (χ0n) is 14.2. The number of aryl methyl sites for hydroxylation is 1. The van der Waals surface area contributed by atoms with E-state index in [9.17, 15) is 4.79 Å². The molecule has 0 radical (unpaired) electrons. The van der Waals surface area contributed by atoms with Crippen molar-refractivity contribution in [2.45, 2.75) is 19.5 Å². The predicted octanol–water partition coefficient (Wildman–Crippen LogP) is 2.83. The molecule has 0 saturated carbocycles. The predicted molar refractivity (Wildman–Crippen MR) is 101 cm³/mol. The lowest BCUT2D eigenvalue weighted by atomic mass is 10.2. The van der Waals surface area contributed by atoms with Gasteiger partial charge in [0, 0.05) is 50.6 Å². The Morgan fingerprint density at radius 3 is 2.72 bits per heavy atom. The number of thiophene rings is 1. The number of amides is 1. The van der Waals surface area contributed by atoms with Crippen LogP contribution >= 0.6 is 11.3 Å². The number of aromatic nitrogens is 2. The maximum Gasteiger partial charge on any atom is 0.224 e. The van der Waals surface area contributed by atoms with Crippen LogP contribution in [0.5, 0.6) is 0 Å². The standard InChI is InChI=1S/C19H22N4OS/c24-19(7-8-23-15-20-17-5-1-2-6-18(17)23)22-11-9-21(10-12-22)14-16-4-3-13-25-16/h1-6,13,15H,7-12,14H2. The van der Waals surface area contributed by atoms with Gasteiger partial charge in [-0.05, 0) is 23.6 Å². The number of carbonyl (C=O) groups excluding carboxylic acids is 1. The van der Waals surface area contributed by atoms with Crippen molar-refractivity contribution in [1.29, 1.82) is 0 Å². The molecule has 0 atom stereocenters. The van der Waals surface area contributed by atoms with Crippen molar-refractivity contribution in [3.05, 3.63) is 53.0 Å². The Balaban J connectivity index is 1.28. The normalized spacial score (nSPS) is 15.8. The van der Waals surface area contributed by atoms with Crippen LogP contribution in [0.25, 0.3) is 11.0 Å². The van der Waals surface area contributed by atoms with E-state index in [0.29, 0.717) is 13.0 Å². The van der Waals surface area contributed by atoms with Crippen molar-refractivity contribution in [3.8, 4) is 0 Å². The highest BCUT2D eigenvalue weighted by Gasteiger charge is 2.21. The van der Waals surface area contributed by atoms with Crippen LogP contribution in [0.1, 0.15) is 11.3 Å². The van der Waals surface area contributed by atoms with Gasteiger partial charge >= 0.3 is 0 Å². The summed E-state index contributed by atoms with van der Waals surface area (Å²) >= 11 is 1.80. The van der Waals surface area contributed by atoms with Crippen molar-refractivity contribution < 1.29 is 4.79 Å². The fourth-order valence-electron chi connectivity index (χ4n) is 3.34. The van der Waals surface area contributed by atoms with Crippen LogP contribution in [0.4, 0.5) is 0 Å². The van der Waals surface area contributed by atoms with Crippen LogP contribution < -0.4 is 0 Å². The van der Waals surface area contributed by atoms with E-state index in [2.05, 4.69) is 38.0 Å². The number of nitrogens with zero attached hydrogens (tertiary/aromatic N) is 4. The van der Waals surface area contributed by atoms with Gasteiger partial charge in [-0.25, -0.2) is 4.98 Å². The van der Waals surface area contributed by atoms with Crippen LogP contribution in [0.2, 0.25) is 0 Å². The third-order valence-electron chi connectivity index (χ3n) is 4.78. The molecule has 0 spiro atoms. The van der Waals surface area contributed by atoms with Crippen LogP contribution in [-0.2, 0) is 17.9 Å². The molecule has 1 saturated heterocycles. The Labute approximate surface area is 151 Å². The summed E-state index contributed by atoms with van der Waals surface area (Å²) < 4.78 is 2.07. The van der Waals surface area contributed by atoms with E-state index < -0.39 is 0 Å². The summed E-state index contributed by atoms with van der Waals surface area (Å²) in [4.78, 5) is 22.7. The van der Waals surface area contributed by atoms with Crippen LogP contribution in [-0.4, -0.2) is 51.4 Å². The molecule has 0 aliphatic carbocycles. The number of rotatable bonds is 5. The van der Waals surface area contributed by atoms with Gasteiger partial charge in [-0.15, -0.1) is 11.3 Å². The highest BCUT2D eigenvalue weighted by Crippen LogP contribution is 2.15. The summed E-state index contributed by atoms with van der Waals surface area (Å²) in [5, 5.41) is 2.12. The van der Waals surface area contributed by atoms with Gasteiger partial charge in [-0.3, -0.25) is 9.69 Å². The molecule has 1 aliphatic heterocycles. The van der Waals surface area contributed by atoms with Gasteiger partial charge in [0.05, 0.1) is 17.4 Å². The second-order valence-corrected chi connectivity index (χ2v) is 7.45. The third kappa shape index (κ3) is 3.75. The second kappa shape index (κ2) is 7.37. The van der Waals surface area contributed by atoms with Crippen LogP contribution in [0, 0.1) is 0 Å². The number of imidazole rings is 1. The van der Waals surface area contributed by atoms with Gasteiger partial charge in [0.25, 0.3) is 0 Å². The SMILES string of the molecule is O=C(CCn1cnc2ccccc21)N1CCN(Cc2cccs2)CC1. The molecule has 3 aromatic rings. The quantitative estimate of drug-likeness (QED) is 0.707. The lowest BCUT2D eigenvalue weighted by molar-refractivity contribution is -0.133. The summed E-state index contributed by atoms with van der Waals surface area (Å²) in [6.45, 7) is 5.26. The van der Waals surface area contributed by atoms with E-state index in [4.69, 9.17) is 0 Å². The lowest BCUT2D eigenvalue weighted by Gasteiger charge is -2.34. The molecule has 1 aromatic carbocycles. The van der Waals surface area contributed by atoms with Crippen molar-refractivity contribution in [2.24, 2.45) is 0 Å². The number of hydrogen-bond acceptors (Lipinski definition) is 4. The number of fused-ring (bicyclic) bond motifs is 1. The average Bonchev–Trinajstić information content (AvgIpc) is 3.30. The minimum Gasteiger partial charge on any atom is -0.340 e. The number of para-hydroxylation sites is 2. The third-order valence-corrected chi connectivity index (χ3v) is 5.64. The molecule has 4 rings (SSSR count). The number of piperazine rings is 1. The number of benzene rings is 1. The van der Waals surface area contributed by atoms with E-state index in [1.54, 1.807) is 11.3 Å². The highest BCUT2D eigenvalue weighted by atomic mass is 32.1. The molecule has 0 unspecified atom stereocenters. The van der Waals surface area contributed by atoms with Gasteiger partial charge in [0.1, 0.15) is 0 Å². The van der Waals surface area contributed by atoms with Crippen molar-refractivity contribution in [2.75, 3.05) is 26.2 Å². The van der Waals surface area contributed by atoms with E-state index in [1.807, 2.05) is 29.4 Å². The Kier molecular flexibility index (Phi) is 4.81. The monoisotopic (exact) mass is 354 g/mol. The van der Waals surface area contributed by atoms with Crippen molar-refractivity contribution in [1.82, 2.24) is 19.4 Å². The summed E-state index contributed by atoms with van der Waals surface area (Å²) in [6, 6.07) is 12.3. The first kappa shape index (κ1) is 16.3. The largest absolute Gasteiger partial charge is 0.340 e. The van der Waals surface area contributed by atoms with Crippen molar-refractivity contribution >= 4 is 28.3 Å². The first-order valence-electron chi connectivity index (χ1n) is 8.72. The molecular formula is C19H22N4OS. The zero-order valence-corrected chi connectivity index (χ0v) is 15.0. The fraction of sp³-hybridized carbons (Fsp3) is 0.368. The molecule has 130 valence electrons. The molecule has 1 fully saturated rings. The van der Waals surface area contributed by atoms with E-state index in [-0.39, 0.29) is 5.91 Å². The zero-order chi connectivity index (χ0) is 17.1. The molecular weight excluding hydrogens is 332 g/mol. The van der Waals surface area contributed by atoms with E-state index >= 15 is 0 Å². The Morgan fingerprint density at radius 1 is 1.08 bits per heavy atom. The maximum atomic E-state index is 12.5. The topological polar surface area (TPSA) is 41.4 Å². The average molecular weight is 354 g/mol. The lowest BCUT2D eigenvalue weighted by Crippen LogP contribution is -2.48. The summed E-state index contributed by atoms with van der Waals surface area (Å²) in [5.74, 6) is 0.244. The Hall–Kier alpha value is -2.18. The molecule has 5 nitrogen and oxygen atoms in total. The summed E-state index contributed by atoms with van der Waals surface area (Å²) in [7, 11) is 0. The van der Waals surface area contributed by atoms with Crippen LogP contribution in [0.15, 0.2) is 48.1 Å². The minimum absolute atomic E-state index is 0.244. The molecule has 3 heterocycles. The van der Waals surface area contributed by atoms with Gasteiger partial charge in [0.2, 0.25) is 5.91 Å². The summed E-state index contributed by atoms with van der Waals surface area (Å²) in [5.41, 5.74) is 2.08. The number of hydrogen-bond donors (Lipinski definition) is 0. The Bertz CT molecular complexity index is 834. The van der Waals surface area contributed by atoms with Gasteiger partial charge in [0.15, 0.2) is 0 Å². The van der Waals surface area contributed by atoms with E-state index in [0.717, 1.165) is 43.8 Å². The molecule has 1 amide bonds. The van der Waals surface area contributed by atoms with Crippen LogP contribution in [0.3, 0.4) is 0 Å². The highest BCUT2D eigenvalue weighted by molar-refractivity contribution is 7.09. The maximum absolute atomic E-state index is 12.5. The van der Waals surface area contributed by atoms with Gasteiger partial charge < -0.3 is 9.47 Å². The molecule has 0 bridgehead atoms.